The smallest absolute Gasteiger partial charge is 0.0351 e. The van der Waals surface area contributed by atoms with Crippen molar-refractivity contribution in [1.29, 1.82) is 0 Å². The molecule has 0 radical (unpaired) electrons. The summed E-state index contributed by atoms with van der Waals surface area (Å²) in [5.41, 5.74) is 9.11. The lowest BCUT2D eigenvalue weighted by Crippen LogP contribution is -2.24. The molecule has 0 amide bonds. The minimum Gasteiger partial charge on any atom is -0.325 e. The maximum atomic E-state index is 6.16. The van der Waals surface area contributed by atoms with Crippen molar-refractivity contribution in [1.82, 2.24) is 0 Å². The quantitative estimate of drug-likeness (QED) is 0.840. The van der Waals surface area contributed by atoms with Gasteiger partial charge in [0, 0.05) is 15.1 Å². The lowest BCUT2D eigenvalue weighted by molar-refractivity contribution is 0.673. The van der Waals surface area contributed by atoms with E-state index >= 15 is 0 Å². The molecule has 1 nitrogen and oxygen atoms in total. The molecule has 1 fully saturated rings. The van der Waals surface area contributed by atoms with E-state index in [4.69, 9.17) is 5.73 Å². The second-order valence-corrected chi connectivity index (χ2v) is 6.41. The molecular formula is C14H17NS. The van der Waals surface area contributed by atoms with Gasteiger partial charge in [0.25, 0.3) is 0 Å². The van der Waals surface area contributed by atoms with Crippen LogP contribution >= 0.6 is 11.3 Å². The zero-order valence-corrected chi connectivity index (χ0v) is 10.7. The van der Waals surface area contributed by atoms with Crippen LogP contribution in [0.5, 0.6) is 0 Å². The Morgan fingerprint density at radius 1 is 1.31 bits per heavy atom. The lowest BCUT2D eigenvalue weighted by Gasteiger charge is -2.08. The van der Waals surface area contributed by atoms with Crippen molar-refractivity contribution in [3.8, 4) is 0 Å². The van der Waals surface area contributed by atoms with Gasteiger partial charge in [-0.1, -0.05) is 12.1 Å². The van der Waals surface area contributed by atoms with Crippen LogP contribution in [0.25, 0.3) is 10.1 Å². The van der Waals surface area contributed by atoms with Crippen LogP contribution in [-0.4, -0.2) is 5.54 Å². The molecule has 2 heteroatoms. The van der Waals surface area contributed by atoms with Crippen molar-refractivity contribution in [2.24, 2.45) is 5.73 Å². The predicted molar refractivity (Wildman–Crippen MR) is 71.2 cm³/mol. The second kappa shape index (κ2) is 3.31. The number of hydrogen-bond acceptors (Lipinski definition) is 2. The molecule has 2 N–H and O–H groups in total. The van der Waals surface area contributed by atoms with Gasteiger partial charge in [0.05, 0.1) is 0 Å². The molecule has 1 heterocycles. The fourth-order valence-electron chi connectivity index (χ4n) is 2.25. The van der Waals surface area contributed by atoms with E-state index in [-0.39, 0.29) is 5.54 Å². The van der Waals surface area contributed by atoms with E-state index in [2.05, 4.69) is 32.0 Å². The first kappa shape index (κ1) is 10.3. The Hall–Kier alpha value is -0.860. The molecule has 1 aromatic carbocycles. The monoisotopic (exact) mass is 231 g/mol. The third kappa shape index (κ3) is 1.66. The summed E-state index contributed by atoms with van der Waals surface area (Å²) >= 11 is 1.90. The number of thiophene rings is 1. The van der Waals surface area contributed by atoms with E-state index < -0.39 is 0 Å². The number of nitrogens with two attached hydrogens (primary N) is 1. The topological polar surface area (TPSA) is 26.0 Å². The Labute approximate surface area is 100 Å². The van der Waals surface area contributed by atoms with Gasteiger partial charge in [0.2, 0.25) is 0 Å². The van der Waals surface area contributed by atoms with Gasteiger partial charge in [-0.15, -0.1) is 11.3 Å². The highest BCUT2D eigenvalue weighted by molar-refractivity contribution is 7.19. The molecule has 84 valence electrons. The molecule has 0 atom stereocenters. The van der Waals surface area contributed by atoms with Crippen LogP contribution in [0, 0.1) is 13.8 Å². The summed E-state index contributed by atoms with van der Waals surface area (Å²) in [6.45, 7) is 4.41. The van der Waals surface area contributed by atoms with E-state index in [1.54, 1.807) is 0 Å². The van der Waals surface area contributed by atoms with Crippen LogP contribution in [0.3, 0.4) is 0 Å². The van der Waals surface area contributed by atoms with Gasteiger partial charge in [-0.3, -0.25) is 0 Å². The molecule has 1 saturated carbocycles. The molecule has 0 saturated heterocycles. The largest absolute Gasteiger partial charge is 0.325 e. The minimum absolute atomic E-state index is 0.120. The first-order chi connectivity index (χ1) is 7.57. The molecule has 1 aliphatic rings. The summed E-state index contributed by atoms with van der Waals surface area (Å²) in [5, 5.41) is 1.41. The molecule has 0 bridgehead atoms. The fourth-order valence-corrected chi connectivity index (χ4v) is 3.38. The highest BCUT2D eigenvalue weighted by Gasteiger charge is 2.37. The molecule has 0 unspecified atom stereocenters. The molecule has 1 aromatic heterocycles. The van der Waals surface area contributed by atoms with E-state index in [0.29, 0.717) is 0 Å². The molecule has 3 rings (SSSR count). The zero-order valence-electron chi connectivity index (χ0n) is 9.84. The molecule has 16 heavy (non-hydrogen) atoms. The predicted octanol–water partition coefficient (Wildman–Crippen LogP) is 3.55. The van der Waals surface area contributed by atoms with Crippen molar-refractivity contribution in [2.45, 2.75) is 38.6 Å². The van der Waals surface area contributed by atoms with Crippen LogP contribution in [-0.2, 0) is 6.42 Å². The van der Waals surface area contributed by atoms with Gasteiger partial charge >= 0.3 is 0 Å². The Kier molecular flexibility index (Phi) is 2.13. The number of hydrogen-bond donors (Lipinski definition) is 1. The lowest BCUT2D eigenvalue weighted by atomic mass is 10.0. The Balaban J connectivity index is 2.02. The zero-order chi connectivity index (χ0) is 11.3. The van der Waals surface area contributed by atoms with Crippen molar-refractivity contribution in [3.05, 3.63) is 34.2 Å². The maximum Gasteiger partial charge on any atom is 0.0351 e. The third-order valence-corrected chi connectivity index (χ3v) is 4.86. The molecule has 1 aliphatic carbocycles. The average molecular weight is 231 g/mol. The van der Waals surface area contributed by atoms with E-state index in [0.717, 1.165) is 6.42 Å². The third-order valence-electron chi connectivity index (χ3n) is 3.69. The van der Waals surface area contributed by atoms with Crippen LogP contribution in [0.1, 0.15) is 28.8 Å². The first-order valence-electron chi connectivity index (χ1n) is 5.85. The summed E-state index contributed by atoms with van der Waals surface area (Å²) in [6, 6.07) is 6.83. The Morgan fingerprint density at radius 3 is 2.75 bits per heavy atom. The van der Waals surface area contributed by atoms with Crippen molar-refractivity contribution >= 4 is 21.4 Å². The number of fused-ring (bicyclic) bond motifs is 1. The van der Waals surface area contributed by atoms with Gasteiger partial charge in [-0.2, -0.15) is 0 Å². The summed E-state index contributed by atoms with van der Waals surface area (Å²) in [7, 11) is 0. The van der Waals surface area contributed by atoms with Crippen molar-refractivity contribution in [3.63, 3.8) is 0 Å². The molecule has 0 aliphatic heterocycles. The van der Waals surface area contributed by atoms with Crippen LogP contribution in [0.2, 0.25) is 0 Å². The maximum absolute atomic E-state index is 6.16. The molecule has 0 spiro atoms. The SMILES string of the molecule is Cc1sc2cc(CC3(N)CC3)ccc2c1C. The fraction of sp³-hybridized carbons (Fsp3) is 0.429. The van der Waals surface area contributed by atoms with Crippen LogP contribution < -0.4 is 5.73 Å². The summed E-state index contributed by atoms with van der Waals surface area (Å²) < 4.78 is 1.41. The van der Waals surface area contributed by atoms with E-state index in [1.807, 2.05) is 11.3 Å². The van der Waals surface area contributed by atoms with Gasteiger partial charge in [0.1, 0.15) is 0 Å². The highest BCUT2D eigenvalue weighted by Crippen LogP contribution is 2.37. The molecule has 2 aromatic rings. The highest BCUT2D eigenvalue weighted by atomic mass is 32.1. The Morgan fingerprint density at radius 2 is 2.06 bits per heavy atom. The van der Waals surface area contributed by atoms with Gasteiger partial charge in [0.15, 0.2) is 0 Å². The van der Waals surface area contributed by atoms with E-state index in [1.165, 1.54) is 38.9 Å². The summed E-state index contributed by atoms with van der Waals surface area (Å²) in [4.78, 5) is 1.43. The van der Waals surface area contributed by atoms with Crippen molar-refractivity contribution in [2.75, 3.05) is 0 Å². The normalized spacial score (nSPS) is 17.9. The van der Waals surface area contributed by atoms with Crippen LogP contribution in [0.4, 0.5) is 0 Å². The van der Waals surface area contributed by atoms with Gasteiger partial charge < -0.3 is 5.73 Å². The summed E-state index contributed by atoms with van der Waals surface area (Å²) in [5.74, 6) is 0. The standard InChI is InChI=1S/C14H17NS/c1-9-10(2)16-13-7-11(3-4-12(9)13)8-14(15)5-6-14/h3-4,7H,5-6,8,15H2,1-2H3. The second-order valence-electron chi connectivity index (χ2n) is 5.15. The minimum atomic E-state index is 0.120. The first-order valence-corrected chi connectivity index (χ1v) is 6.67. The van der Waals surface area contributed by atoms with Gasteiger partial charge in [-0.05, 0) is 55.7 Å². The number of aryl methyl sites for hydroxylation is 2. The number of benzene rings is 1. The van der Waals surface area contributed by atoms with Crippen molar-refractivity contribution < 1.29 is 0 Å². The Bertz CT molecular complexity index is 549. The average Bonchev–Trinajstić information content (AvgIpc) is 2.88. The van der Waals surface area contributed by atoms with Crippen LogP contribution in [0.15, 0.2) is 18.2 Å². The van der Waals surface area contributed by atoms with Gasteiger partial charge in [-0.25, -0.2) is 0 Å². The van der Waals surface area contributed by atoms with E-state index in [9.17, 15) is 0 Å². The summed E-state index contributed by atoms with van der Waals surface area (Å²) in [6.07, 6.45) is 3.42. The number of rotatable bonds is 2. The molecular weight excluding hydrogens is 214 g/mol.